The predicted octanol–water partition coefficient (Wildman–Crippen LogP) is 5.87. The molecule has 0 radical (unpaired) electrons. The Kier molecular flexibility index (Phi) is 4.93. The van der Waals surface area contributed by atoms with E-state index in [2.05, 4.69) is 18.2 Å². The van der Waals surface area contributed by atoms with Gasteiger partial charge in [-0.1, -0.05) is 90.6 Å². The largest absolute Gasteiger partial charge is 0.192 e. The molecule has 0 saturated heterocycles. The van der Waals surface area contributed by atoms with Gasteiger partial charge in [0.2, 0.25) is 0 Å². The molecule has 0 amide bonds. The summed E-state index contributed by atoms with van der Waals surface area (Å²) >= 11 is 1.63. The molecule has 2 heteroatoms. The molecule has 0 aliphatic rings. The number of hydrogen-bond acceptors (Lipinski definition) is 2. The van der Waals surface area contributed by atoms with Crippen LogP contribution in [0.1, 0.15) is 11.1 Å². The van der Waals surface area contributed by atoms with E-state index >= 15 is 0 Å². The van der Waals surface area contributed by atoms with E-state index in [1.165, 1.54) is 0 Å². The second kappa shape index (κ2) is 7.49. The van der Waals surface area contributed by atoms with Crippen LogP contribution in [0.15, 0.2) is 95.9 Å². The summed E-state index contributed by atoms with van der Waals surface area (Å²) < 4.78 is 0. The van der Waals surface area contributed by atoms with Crippen LogP contribution in [-0.4, -0.2) is 0 Å². The fraction of sp³-hybridized carbons (Fsp3) is 0. The van der Waals surface area contributed by atoms with Crippen molar-refractivity contribution in [1.82, 2.24) is 0 Å². The van der Waals surface area contributed by atoms with Crippen LogP contribution in [0.4, 0.5) is 0 Å². The molecule has 0 spiro atoms. The predicted molar refractivity (Wildman–Crippen MR) is 97.6 cm³/mol. The summed E-state index contributed by atoms with van der Waals surface area (Å²) in [4.78, 5) is 2.10. The Bertz CT molecular complexity index is 831. The first kappa shape index (κ1) is 15.1. The standard InChI is InChI=1S/C21H15NS/c22-16-20(17-10-4-1-5-11-17)21(18-12-6-2-7-13-18)23-19-14-8-3-9-15-19/h1-15H/b21-20+. The zero-order valence-corrected chi connectivity index (χ0v) is 13.3. The van der Waals surface area contributed by atoms with E-state index in [0.29, 0.717) is 5.57 Å². The van der Waals surface area contributed by atoms with Crippen molar-refractivity contribution >= 4 is 22.2 Å². The summed E-state index contributed by atoms with van der Waals surface area (Å²) in [5.41, 5.74) is 2.70. The highest BCUT2D eigenvalue weighted by Crippen LogP contribution is 2.39. The Morgan fingerprint density at radius 3 is 1.65 bits per heavy atom. The molecule has 0 atom stereocenters. The first-order valence-corrected chi connectivity index (χ1v) is 8.18. The minimum Gasteiger partial charge on any atom is -0.192 e. The van der Waals surface area contributed by atoms with Gasteiger partial charge in [-0.25, -0.2) is 0 Å². The summed E-state index contributed by atoms with van der Waals surface area (Å²) in [7, 11) is 0. The van der Waals surface area contributed by atoms with Crippen molar-refractivity contribution in [3.05, 3.63) is 102 Å². The average Bonchev–Trinajstić information content (AvgIpc) is 2.64. The zero-order valence-electron chi connectivity index (χ0n) is 12.5. The third-order valence-electron chi connectivity index (χ3n) is 3.40. The minimum atomic E-state index is 0.700. The molecule has 23 heavy (non-hydrogen) atoms. The molecule has 0 N–H and O–H groups in total. The molecule has 0 fully saturated rings. The molecule has 0 aliphatic heterocycles. The van der Waals surface area contributed by atoms with Crippen LogP contribution in [0.25, 0.3) is 10.5 Å². The van der Waals surface area contributed by atoms with E-state index in [9.17, 15) is 5.26 Å². The van der Waals surface area contributed by atoms with Gasteiger partial charge in [0.15, 0.2) is 0 Å². The number of nitriles is 1. The normalized spacial score (nSPS) is 11.4. The van der Waals surface area contributed by atoms with Crippen LogP contribution < -0.4 is 0 Å². The highest BCUT2D eigenvalue weighted by atomic mass is 32.2. The Morgan fingerprint density at radius 2 is 1.13 bits per heavy atom. The molecular weight excluding hydrogens is 298 g/mol. The highest BCUT2D eigenvalue weighted by Gasteiger charge is 2.13. The molecule has 0 unspecified atom stereocenters. The van der Waals surface area contributed by atoms with E-state index in [4.69, 9.17) is 0 Å². The highest BCUT2D eigenvalue weighted by molar-refractivity contribution is 8.08. The molecule has 3 aromatic rings. The lowest BCUT2D eigenvalue weighted by atomic mass is 10.0. The van der Waals surface area contributed by atoms with E-state index in [-0.39, 0.29) is 0 Å². The van der Waals surface area contributed by atoms with Crippen LogP contribution in [0.2, 0.25) is 0 Å². The SMILES string of the molecule is N#C/C(=C(\Sc1ccccc1)c1ccccc1)c1ccccc1. The van der Waals surface area contributed by atoms with E-state index in [1.54, 1.807) is 11.8 Å². The van der Waals surface area contributed by atoms with Crippen LogP contribution in [0, 0.1) is 11.3 Å². The van der Waals surface area contributed by atoms with Gasteiger partial charge in [0, 0.05) is 9.80 Å². The van der Waals surface area contributed by atoms with Gasteiger partial charge in [0.25, 0.3) is 0 Å². The molecule has 0 saturated carbocycles. The second-order valence-electron chi connectivity index (χ2n) is 4.96. The zero-order chi connectivity index (χ0) is 15.9. The molecule has 3 aromatic carbocycles. The van der Waals surface area contributed by atoms with Crippen molar-refractivity contribution < 1.29 is 0 Å². The first-order chi connectivity index (χ1) is 11.4. The summed E-state index contributed by atoms with van der Waals surface area (Å²) in [5.74, 6) is 0. The fourth-order valence-electron chi connectivity index (χ4n) is 2.30. The van der Waals surface area contributed by atoms with Gasteiger partial charge >= 0.3 is 0 Å². The van der Waals surface area contributed by atoms with E-state index in [1.807, 2.05) is 78.9 Å². The van der Waals surface area contributed by atoms with Gasteiger partial charge < -0.3 is 0 Å². The van der Waals surface area contributed by atoms with Crippen molar-refractivity contribution in [2.45, 2.75) is 4.90 Å². The van der Waals surface area contributed by atoms with Crippen molar-refractivity contribution in [2.24, 2.45) is 0 Å². The Morgan fingerprint density at radius 1 is 0.652 bits per heavy atom. The minimum absolute atomic E-state index is 0.700. The van der Waals surface area contributed by atoms with Crippen molar-refractivity contribution in [2.75, 3.05) is 0 Å². The maximum Gasteiger partial charge on any atom is 0.101 e. The lowest BCUT2D eigenvalue weighted by Crippen LogP contribution is -1.88. The molecule has 0 heterocycles. The van der Waals surface area contributed by atoms with Crippen LogP contribution in [-0.2, 0) is 0 Å². The van der Waals surface area contributed by atoms with Gasteiger partial charge in [-0.05, 0) is 23.3 Å². The molecule has 0 bridgehead atoms. The van der Waals surface area contributed by atoms with Crippen LogP contribution in [0.5, 0.6) is 0 Å². The quantitative estimate of drug-likeness (QED) is 0.341. The van der Waals surface area contributed by atoms with Crippen molar-refractivity contribution in [3.63, 3.8) is 0 Å². The number of nitrogens with zero attached hydrogens (tertiary/aromatic N) is 1. The van der Waals surface area contributed by atoms with Crippen molar-refractivity contribution in [3.8, 4) is 6.07 Å². The molecule has 1 nitrogen and oxygen atoms in total. The van der Waals surface area contributed by atoms with Gasteiger partial charge in [-0.3, -0.25) is 0 Å². The third kappa shape index (κ3) is 3.71. The number of hydrogen-bond donors (Lipinski definition) is 0. The fourth-order valence-corrected chi connectivity index (χ4v) is 3.35. The monoisotopic (exact) mass is 313 g/mol. The summed E-state index contributed by atoms with van der Waals surface area (Å²) in [5, 5.41) is 9.77. The molecule has 110 valence electrons. The summed E-state index contributed by atoms with van der Waals surface area (Å²) in [6, 6.07) is 32.5. The van der Waals surface area contributed by atoms with Crippen LogP contribution in [0.3, 0.4) is 0 Å². The van der Waals surface area contributed by atoms with Gasteiger partial charge in [-0.15, -0.1) is 0 Å². The average molecular weight is 313 g/mol. The van der Waals surface area contributed by atoms with Gasteiger partial charge in [0.1, 0.15) is 6.07 Å². The molecule has 3 rings (SSSR count). The third-order valence-corrected chi connectivity index (χ3v) is 4.55. The number of allylic oxidation sites excluding steroid dienone is 1. The smallest absolute Gasteiger partial charge is 0.101 e. The maximum absolute atomic E-state index is 9.77. The Labute approximate surface area is 140 Å². The lowest BCUT2D eigenvalue weighted by molar-refractivity contribution is 1.47. The Balaban J connectivity index is 2.15. The first-order valence-electron chi connectivity index (χ1n) is 7.36. The lowest BCUT2D eigenvalue weighted by Gasteiger charge is -2.11. The van der Waals surface area contributed by atoms with E-state index in [0.717, 1.165) is 20.9 Å². The molecular formula is C21H15NS. The number of rotatable bonds is 4. The molecule has 0 aliphatic carbocycles. The van der Waals surface area contributed by atoms with Gasteiger partial charge in [-0.2, -0.15) is 5.26 Å². The number of thioether (sulfide) groups is 1. The summed E-state index contributed by atoms with van der Waals surface area (Å²) in [6.45, 7) is 0. The molecule has 0 aromatic heterocycles. The topological polar surface area (TPSA) is 23.8 Å². The van der Waals surface area contributed by atoms with Gasteiger partial charge in [0.05, 0.1) is 5.57 Å². The second-order valence-corrected chi connectivity index (χ2v) is 6.05. The summed E-state index contributed by atoms with van der Waals surface area (Å²) in [6.07, 6.45) is 0. The number of benzene rings is 3. The van der Waals surface area contributed by atoms with Crippen LogP contribution >= 0.6 is 11.8 Å². The van der Waals surface area contributed by atoms with Crippen molar-refractivity contribution in [1.29, 1.82) is 5.26 Å². The maximum atomic E-state index is 9.77. The Hall–Kier alpha value is -2.76. The van der Waals surface area contributed by atoms with E-state index < -0.39 is 0 Å².